The predicted molar refractivity (Wildman–Crippen MR) is 74.1 cm³/mol. The van der Waals surface area contributed by atoms with Gasteiger partial charge in [-0.3, -0.25) is 0 Å². The standard InChI is InChI=1S/C14H19ClN2/c1-2-10-5-6-17-12(7-10)9-16-13-4-3-11(15)8-14(13)17/h3-4,8,10,12,16H,2,5-7,9H2,1H3. The van der Waals surface area contributed by atoms with E-state index in [4.69, 9.17) is 11.6 Å². The number of benzene rings is 1. The van der Waals surface area contributed by atoms with Crippen molar-refractivity contribution in [1.29, 1.82) is 0 Å². The van der Waals surface area contributed by atoms with Crippen LogP contribution in [0.4, 0.5) is 11.4 Å². The normalized spacial score (nSPS) is 27.1. The molecule has 0 amide bonds. The lowest BCUT2D eigenvalue weighted by atomic mass is 9.87. The highest BCUT2D eigenvalue weighted by atomic mass is 35.5. The van der Waals surface area contributed by atoms with Crippen LogP contribution in [-0.4, -0.2) is 19.1 Å². The van der Waals surface area contributed by atoms with Gasteiger partial charge < -0.3 is 10.2 Å². The molecule has 0 saturated carbocycles. The minimum absolute atomic E-state index is 0.652. The lowest BCUT2D eigenvalue weighted by Crippen LogP contribution is -2.49. The van der Waals surface area contributed by atoms with Crippen LogP contribution in [0.5, 0.6) is 0 Å². The van der Waals surface area contributed by atoms with Crippen molar-refractivity contribution in [2.24, 2.45) is 5.92 Å². The molecule has 1 saturated heterocycles. The minimum atomic E-state index is 0.652. The minimum Gasteiger partial charge on any atom is -0.381 e. The van der Waals surface area contributed by atoms with E-state index in [1.165, 1.54) is 37.2 Å². The van der Waals surface area contributed by atoms with E-state index in [9.17, 15) is 0 Å². The summed E-state index contributed by atoms with van der Waals surface area (Å²) in [5.41, 5.74) is 2.53. The molecular weight excluding hydrogens is 232 g/mol. The summed E-state index contributed by atoms with van der Waals surface area (Å²) in [4.78, 5) is 2.55. The maximum atomic E-state index is 6.11. The van der Waals surface area contributed by atoms with Crippen molar-refractivity contribution in [2.75, 3.05) is 23.3 Å². The first-order valence-corrected chi connectivity index (χ1v) is 6.95. The predicted octanol–water partition coefficient (Wildman–Crippen LogP) is 3.76. The van der Waals surface area contributed by atoms with Crippen molar-refractivity contribution in [3.05, 3.63) is 23.2 Å². The van der Waals surface area contributed by atoms with Crippen molar-refractivity contribution in [3.63, 3.8) is 0 Å². The summed E-state index contributed by atoms with van der Waals surface area (Å²) in [6.45, 7) is 4.56. The number of hydrogen-bond donors (Lipinski definition) is 1. The first-order chi connectivity index (χ1) is 8.28. The van der Waals surface area contributed by atoms with Crippen LogP contribution >= 0.6 is 11.6 Å². The zero-order chi connectivity index (χ0) is 11.8. The number of nitrogens with one attached hydrogen (secondary N) is 1. The first kappa shape index (κ1) is 11.2. The maximum absolute atomic E-state index is 6.11. The van der Waals surface area contributed by atoms with Gasteiger partial charge in [-0.25, -0.2) is 0 Å². The van der Waals surface area contributed by atoms with E-state index in [2.05, 4.69) is 29.3 Å². The van der Waals surface area contributed by atoms with Gasteiger partial charge in [-0.2, -0.15) is 0 Å². The second kappa shape index (κ2) is 4.41. The van der Waals surface area contributed by atoms with Gasteiger partial charge in [0, 0.05) is 24.2 Å². The summed E-state index contributed by atoms with van der Waals surface area (Å²) >= 11 is 6.11. The van der Waals surface area contributed by atoms with Crippen molar-refractivity contribution in [2.45, 2.75) is 32.2 Å². The van der Waals surface area contributed by atoms with Gasteiger partial charge in [0.1, 0.15) is 0 Å². The molecule has 2 nitrogen and oxygen atoms in total. The lowest BCUT2D eigenvalue weighted by Gasteiger charge is -2.45. The average molecular weight is 251 g/mol. The molecule has 2 atom stereocenters. The van der Waals surface area contributed by atoms with Gasteiger partial charge in [0.25, 0.3) is 0 Å². The van der Waals surface area contributed by atoms with Gasteiger partial charge in [0.05, 0.1) is 11.4 Å². The van der Waals surface area contributed by atoms with Crippen LogP contribution in [0.25, 0.3) is 0 Å². The molecule has 0 aromatic heterocycles. The Bertz CT molecular complexity index is 419. The largest absolute Gasteiger partial charge is 0.381 e. The number of hydrogen-bond acceptors (Lipinski definition) is 2. The number of halogens is 1. The first-order valence-electron chi connectivity index (χ1n) is 6.58. The highest BCUT2D eigenvalue weighted by Gasteiger charge is 2.31. The second-order valence-corrected chi connectivity index (χ2v) is 5.62. The van der Waals surface area contributed by atoms with Crippen molar-refractivity contribution < 1.29 is 0 Å². The topological polar surface area (TPSA) is 15.3 Å². The Labute approximate surface area is 108 Å². The Kier molecular flexibility index (Phi) is 2.91. The van der Waals surface area contributed by atoms with Crippen LogP contribution in [-0.2, 0) is 0 Å². The molecule has 92 valence electrons. The van der Waals surface area contributed by atoms with Gasteiger partial charge in [-0.05, 0) is 37.0 Å². The molecule has 0 spiro atoms. The summed E-state index contributed by atoms with van der Waals surface area (Å²) in [5.74, 6) is 0.902. The molecule has 0 aliphatic carbocycles. The third-order valence-corrected chi connectivity index (χ3v) is 4.43. The van der Waals surface area contributed by atoms with E-state index in [1.54, 1.807) is 0 Å². The molecule has 1 aromatic carbocycles. The van der Waals surface area contributed by atoms with Crippen molar-refractivity contribution in [1.82, 2.24) is 0 Å². The Morgan fingerprint density at radius 3 is 3.18 bits per heavy atom. The van der Waals surface area contributed by atoms with E-state index in [0.717, 1.165) is 17.5 Å². The van der Waals surface area contributed by atoms with Crippen LogP contribution in [0.1, 0.15) is 26.2 Å². The monoisotopic (exact) mass is 250 g/mol. The fourth-order valence-electron chi connectivity index (χ4n) is 3.14. The van der Waals surface area contributed by atoms with Crippen LogP contribution in [0.3, 0.4) is 0 Å². The molecule has 2 heterocycles. The number of anilines is 2. The van der Waals surface area contributed by atoms with Crippen LogP contribution in [0, 0.1) is 5.92 Å². The Morgan fingerprint density at radius 1 is 1.47 bits per heavy atom. The van der Waals surface area contributed by atoms with E-state index in [1.807, 2.05) is 6.07 Å². The van der Waals surface area contributed by atoms with E-state index in [0.29, 0.717) is 6.04 Å². The number of rotatable bonds is 1. The summed E-state index contributed by atoms with van der Waals surface area (Å²) in [6.07, 6.45) is 3.95. The summed E-state index contributed by atoms with van der Waals surface area (Å²) < 4.78 is 0. The Hall–Kier alpha value is -0.890. The molecule has 2 aliphatic rings. The van der Waals surface area contributed by atoms with Crippen LogP contribution in [0.15, 0.2) is 18.2 Å². The SMILES string of the molecule is CCC1CCN2c3cc(Cl)ccc3NCC2C1. The van der Waals surface area contributed by atoms with Gasteiger partial charge >= 0.3 is 0 Å². The molecule has 0 bridgehead atoms. The number of piperidine rings is 1. The van der Waals surface area contributed by atoms with Gasteiger partial charge in [0.2, 0.25) is 0 Å². The van der Waals surface area contributed by atoms with Crippen molar-refractivity contribution in [3.8, 4) is 0 Å². The van der Waals surface area contributed by atoms with Crippen LogP contribution < -0.4 is 10.2 Å². The summed E-state index contributed by atoms with van der Waals surface area (Å²) in [6, 6.07) is 6.81. The molecule has 1 aromatic rings. The number of fused-ring (bicyclic) bond motifs is 3. The van der Waals surface area contributed by atoms with E-state index in [-0.39, 0.29) is 0 Å². The Morgan fingerprint density at radius 2 is 2.35 bits per heavy atom. The third kappa shape index (κ3) is 1.99. The van der Waals surface area contributed by atoms with Gasteiger partial charge in [-0.1, -0.05) is 24.9 Å². The maximum Gasteiger partial charge on any atom is 0.0620 e. The quantitative estimate of drug-likeness (QED) is 0.817. The lowest BCUT2D eigenvalue weighted by molar-refractivity contribution is 0.336. The summed E-state index contributed by atoms with van der Waals surface area (Å²) in [5, 5.41) is 4.37. The second-order valence-electron chi connectivity index (χ2n) is 5.19. The summed E-state index contributed by atoms with van der Waals surface area (Å²) in [7, 11) is 0. The fourth-order valence-corrected chi connectivity index (χ4v) is 3.30. The average Bonchev–Trinajstić information content (AvgIpc) is 2.37. The van der Waals surface area contributed by atoms with Crippen LogP contribution in [0.2, 0.25) is 5.02 Å². The zero-order valence-electron chi connectivity index (χ0n) is 10.2. The highest BCUT2D eigenvalue weighted by molar-refractivity contribution is 6.31. The molecule has 0 radical (unpaired) electrons. The molecule has 17 heavy (non-hydrogen) atoms. The number of nitrogens with zero attached hydrogens (tertiary/aromatic N) is 1. The Balaban J connectivity index is 1.89. The van der Waals surface area contributed by atoms with Gasteiger partial charge in [0.15, 0.2) is 0 Å². The molecule has 2 aliphatic heterocycles. The molecule has 3 rings (SSSR count). The highest BCUT2D eigenvalue weighted by Crippen LogP contribution is 2.38. The molecular formula is C14H19ClN2. The third-order valence-electron chi connectivity index (χ3n) is 4.20. The van der Waals surface area contributed by atoms with E-state index >= 15 is 0 Å². The van der Waals surface area contributed by atoms with Gasteiger partial charge in [-0.15, -0.1) is 0 Å². The molecule has 3 heteroatoms. The fraction of sp³-hybridized carbons (Fsp3) is 0.571. The molecule has 1 fully saturated rings. The zero-order valence-corrected chi connectivity index (χ0v) is 11.0. The molecule has 2 unspecified atom stereocenters. The smallest absolute Gasteiger partial charge is 0.0620 e. The van der Waals surface area contributed by atoms with Crippen molar-refractivity contribution >= 4 is 23.0 Å². The molecule has 1 N–H and O–H groups in total. The van der Waals surface area contributed by atoms with E-state index < -0.39 is 0 Å².